The summed E-state index contributed by atoms with van der Waals surface area (Å²) in [6, 6.07) is 11.5. The molecule has 1 aliphatic heterocycles. The minimum Gasteiger partial charge on any atom is -0.465 e. The average molecular weight is 333 g/mol. The van der Waals surface area contributed by atoms with Crippen molar-refractivity contribution in [1.82, 2.24) is 0 Å². The number of carbonyl (C=O) groups excluding carboxylic acids is 2. The van der Waals surface area contributed by atoms with E-state index in [2.05, 4.69) is 0 Å². The summed E-state index contributed by atoms with van der Waals surface area (Å²) in [5.74, 6) is -1.48. The molecule has 1 fully saturated rings. The molecule has 5 heteroatoms. The van der Waals surface area contributed by atoms with Crippen LogP contribution in [-0.2, 0) is 19.1 Å². The highest BCUT2D eigenvalue weighted by atomic mass is 35.5. The van der Waals surface area contributed by atoms with Gasteiger partial charge in [-0.25, -0.2) is 0 Å². The highest BCUT2D eigenvalue weighted by Gasteiger charge is 2.36. The van der Waals surface area contributed by atoms with Crippen LogP contribution in [0.25, 0.3) is 10.8 Å². The molecular weight excluding hydrogens is 316 g/mol. The van der Waals surface area contributed by atoms with Gasteiger partial charge in [0.15, 0.2) is 5.78 Å². The molecule has 0 amide bonds. The number of benzene rings is 2. The number of halogens is 1. The summed E-state index contributed by atoms with van der Waals surface area (Å²) in [5.41, 5.74) is 0.878. The van der Waals surface area contributed by atoms with Crippen LogP contribution in [0, 0.1) is 5.92 Å². The van der Waals surface area contributed by atoms with Crippen LogP contribution in [0.3, 0.4) is 0 Å². The zero-order valence-electron chi connectivity index (χ0n) is 12.8. The SMILES string of the molecule is CCOC(=O)C1CO[C@H](c2cccc3cccc(Cl)c23)CC1=O. The second-order valence-electron chi connectivity index (χ2n) is 5.48. The maximum atomic E-state index is 12.3. The Hall–Kier alpha value is -1.91. The van der Waals surface area contributed by atoms with Gasteiger partial charge in [0, 0.05) is 16.8 Å². The van der Waals surface area contributed by atoms with Gasteiger partial charge < -0.3 is 9.47 Å². The molecule has 1 saturated heterocycles. The molecule has 2 aromatic rings. The molecule has 0 bridgehead atoms. The first-order chi connectivity index (χ1) is 11.1. The minimum absolute atomic E-state index is 0.0448. The summed E-state index contributed by atoms with van der Waals surface area (Å²) in [6.07, 6.45) is -0.245. The topological polar surface area (TPSA) is 52.6 Å². The van der Waals surface area contributed by atoms with E-state index in [0.29, 0.717) is 5.02 Å². The maximum absolute atomic E-state index is 12.3. The molecule has 0 spiro atoms. The predicted octanol–water partition coefficient (Wildman–Crippen LogP) is 3.70. The number of ketones is 1. The standard InChI is InChI=1S/C18H17ClO4/c1-2-22-18(21)13-10-23-16(9-15(13)20)12-7-3-5-11-6-4-8-14(19)17(11)12/h3-8,13,16H,2,9-10H2,1H3/t13?,16-/m0/s1. The van der Waals surface area contributed by atoms with Gasteiger partial charge in [-0.3, -0.25) is 9.59 Å². The van der Waals surface area contributed by atoms with E-state index in [1.54, 1.807) is 6.92 Å². The molecular formula is C18H17ClO4. The van der Waals surface area contributed by atoms with Crippen molar-refractivity contribution < 1.29 is 19.1 Å². The Kier molecular flexibility index (Phi) is 4.64. The van der Waals surface area contributed by atoms with Crippen molar-refractivity contribution in [2.45, 2.75) is 19.4 Å². The van der Waals surface area contributed by atoms with Gasteiger partial charge in [0.1, 0.15) is 5.92 Å². The van der Waals surface area contributed by atoms with Crippen LogP contribution in [0.1, 0.15) is 25.0 Å². The van der Waals surface area contributed by atoms with E-state index in [0.717, 1.165) is 16.3 Å². The molecule has 4 nitrogen and oxygen atoms in total. The van der Waals surface area contributed by atoms with Gasteiger partial charge in [-0.2, -0.15) is 0 Å². The van der Waals surface area contributed by atoms with E-state index in [1.807, 2.05) is 36.4 Å². The van der Waals surface area contributed by atoms with Gasteiger partial charge in [0.05, 0.1) is 19.3 Å². The fraction of sp³-hybridized carbons (Fsp3) is 0.333. The average Bonchev–Trinajstić information content (AvgIpc) is 2.54. The van der Waals surface area contributed by atoms with Crippen LogP contribution in [0.2, 0.25) is 5.02 Å². The van der Waals surface area contributed by atoms with Crippen LogP contribution in [0.4, 0.5) is 0 Å². The Morgan fingerprint density at radius 1 is 1.30 bits per heavy atom. The van der Waals surface area contributed by atoms with E-state index in [1.165, 1.54) is 0 Å². The van der Waals surface area contributed by atoms with E-state index in [4.69, 9.17) is 21.1 Å². The van der Waals surface area contributed by atoms with Crippen LogP contribution in [0.5, 0.6) is 0 Å². The third-order valence-electron chi connectivity index (χ3n) is 4.04. The largest absolute Gasteiger partial charge is 0.465 e. The fourth-order valence-corrected chi connectivity index (χ4v) is 3.21. The zero-order valence-corrected chi connectivity index (χ0v) is 13.5. The monoisotopic (exact) mass is 332 g/mol. The molecule has 1 heterocycles. The molecule has 2 atom stereocenters. The summed E-state index contributed by atoms with van der Waals surface area (Å²) >= 11 is 6.32. The Morgan fingerprint density at radius 2 is 2.04 bits per heavy atom. The highest BCUT2D eigenvalue weighted by Crippen LogP contribution is 2.36. The van der Waals surface area contributed by atoms with E-state index >= 15 is 0 Å². The van der Waals surface area contributed by atoms with Crippen molar-refractivity contribution in [3.8, 4) is 0 Å². The first kappa shape index (κ1) is 16.0. The Balaban J connectivity index is 1.88. The molecule has 3 rings (SSSR count). The molecule has 0 N–H and O–H groups in total. The second kappa shape index (κ2) is 6.69. The quantitative estimate of drug-likeness (QED) is 0.635. The zero-order chi connectivity index (χ0) is 16.4. The van der Waals surface area contributed by atoms with Crippen molar-refractivity contribution in [3.63, 3.8) is 0 Å². The van der Waals surface area contributed by atoms with Crippen LogP contribution in [0.15, 0.2) is 36.4 Å². The normalized spacial score (nSPS) is 21.4. The van der Waals surface area contributed by atoms with Gasteiger partial charge in [0.25, 0.3) is 0 Å². The predicted molar refractivity (Wildman–Crippen MR) is 87.4 cm³/mol. The number of hydrogen-bond acceptors (Lipinski definition) is 4. The van der Waals surface area contributed by atoms with Crippen LogP contribution < -0.4 is 0 Å². The fourth-order valence-electron chi connectivity index (χ4n) is 2.92. The van der Waals surface area contributed by atoms with Gasteiger partial charge in [-0.05, 0) is 23.9 Å². The van der Waals surface area contributed by atoms with E-state index < -0.39 is 18.0 Å². The smallest absolute Gasteiger partial charge is 0.318 e. The van der Waals surface area contributed by atoms with E-state index in [-0.39, 0.29) is 25.4 Å². The first-order valence-electron chi connectivity index (χ1n) is 7.60. The molecule has 0 radical (unpaired) electrons. The summed E-state index contributed by atoms with van der Waals surface area (Å²) in [4.78, 5) is 24.1. The third kappa shape index (κ3) is 3.09. The second-order valence-corrected chi connectivity index (χ2v) is 5.89. The molecule has 2 aromatic carbocycles. The van der Waals surface area contributed by atoms with Gasteiger partial charge in [-0.1, -0.05) is 41.9 Å². The molecule has 120 valence electrons. The lowest BCUT2D eigenvalue weighted by atomic mass is 9.91. The number of ether oxygens (including phenoxy) is 2. The van der Waals surface area contributed by atoms with Crippen molar-refractivity contribution in [2.75, 3.05) is 13.2 Å². The van der Waals surface area contributed by atoms with Crippen molar-refractivity contribution in [1.29, 1.82) is 0 Å². The number of esters is 1. The first-order valence-corrected chi connectivity index (χ1v) is 7.97. The van der Waals surface area contributed by atoms with E-state index in [9.17, 15) is 9.59 Å². The summed E-state index contributed by atoms with van der Waals surface area (Å²) < 4.78 is 10.7. The summed E-state index contributed by atoms with van der Waals surface area (Å²) in [6.45, 7) is 2.01. The lowest BCUT2D eigenvalue weighted by molar-refractivity contribution is -0.160. The molecule has 0 saturated carbocycles. The van der Waals surface area contributed by atoms with Crippen molar-refractivity contribution in [2.24, 2.45) is 5.92 Å². The maximum Gasteiger partial charge on any atom is 0.318 e. The van der Waals surface area contributed by atoms with Crippen LogP contribution >= 0.6 is 11.6 Å². The summed E-state index contributed by atoms with van der Waals surface area (Å²) in [7, 11) is 0. The van der Waals surface area contributed by atoms with Gasteiger partial charge in [-0.15, -0.1) is 0 Å². The Labute approximate surface area is 139 Å². The highest BCUT2D eigenvalue weighted by molar-refractivity contribution is 6.35. The number of Topliss-reactive ketones (excluding diaryl/α,β-unsaturated/α-hetero) is 1. The third-order valence-corrected chi connectivity index (χ3v) is 4.36. The Bertz CT molecular complexity index is 751. The van der Waals surface area contributed by atoms with Gasteiger partial charge >= 0.3 is 5.97 Å². The molecule has 1 unspecified atom stereocenters. The molecule has 0 aliphatic carbocycles. The lowest BCUT2D eigenvalue weighted by Gasteiger charge is -2.28. The summed E-state index contributed by atoms with van der Waals surface area (Å²) in [5, 5.41) is 2.52. The van der Waals surface area contributed by atoms with Crippen molar-refractivity contribution >= 4 is 34.1 Å². The molecule has 23 heavy (non-hydrogen) atoms. The number of fused-ring (bicyclic) bond motifs is 1. The van der Waals surface area contributed by atoms with Gasteiger partial charge in [0.2, 0.25) is 0 Å². The van der Waals surface area contributed by atoms with Crippen LogP contribution in [-0.4, -0.2) is 25.0 Å². The number of carbonyl (C=O) groups is 2. The number of hydrogen-bond donors (Lipinski definition) is 0. The Morgan fingerprint density at radius 3 is 2.74 bits per heavy atom. The lowest BCUT2D eigenvalue weighted by Crippen LogP contribution is -2.36. The molecule has 1 aliphatic rings. The minimum atomic E-state index is -0.823. The van der Waals surface area contributed by atoms with Crippen molar-refractivity contribution in [3.05, 3.63) is 47.0 Å². The molecule has 0 aromatic heterocycles. The number of rotatable bonds is 3.